The molecular formula is C18H24N2O2. The summed E-state index contributed by atoms with van der Waals surface area (Å²) in [5.74, 6) is 0.797. The summed E-state index contributed by atoms with van der Waals surface area (Å²) in [6.07, 6.45) is 2.04. The summed E-state index contributed by atoms with van der Waals surface area (Å²) < 4.78 is 7.17. The van der Waals surface area contributed by atoms with Crippen molar-refractivity contribution in [2.75, 3.05) is 14.2 Å². The fraction of sp³-hybridized carbons (Fsp3) is 0.389. The standard InChI is InChI=1S/C18H24N2O2/c1-4-5-11-20-17(10-9-15(13-19-2)18(20)21)14-7-6-8-16(12-14)22-3/h6-10,12,19H,4-5,11,13H2,1-3H3. The third-order valence-corrected chi connectivity index (χ3v) is 3.72. The van der Waals surface area contributed by atoms with Crippen LogP contribution in [0, 0.1) is 0 Å². The van der Waals surface area contributed by atoms with Gasteiger partial charge in [0.05, 0.1) is 12.8 Å². The van der Waals surface area contributed by atoms with Crippen LogP contribution in [0.5, 0.6) is 5.75 Å². The summed E-state index contributed by atoms with van der Waals surface area (Å²) in [6, 6.07) is 11.8. The number of pyridine rings is 1. The van der Waals surface area contributed by atoms with E-state index in [-0.39, 0.29) is 5.56 Å². The van der Waals surface area contributed by atoms with Crippen molar-refractivity contribution < 1.29 is 4.74 Å². The summed E-state index contributed by atoms with van der Waals surface area (Å²) >= 11 is 0. The molecule has 0 saturated carbocycles. The van der Waals surface area contributed by atoms with Gasteiger partial charge in [-0.05, 0) is 31.7 Å². The molecule has 0 amide bonds. The summed E-state index contributed by atoms with van der Waals surface area (Å²) in [4.78, 5) is 12.7. The molecule has 0 aliphatic carbocycles. The van der Waals surface area contributed by atoms with E-state index in [1.54, 1.807) is 7.11 Å². The monoisotopic (exact) mass is 300 g/mol. The first-order valence-electron chi connectivity index (χ1n) is 7.73. The molecule has 0 aliphatic heterocycles. The highest BCUT2D eigenvalue weighted by molar-refractivity contribution is 5.62. The van der Waals surface area contributed by atoms with E-state index < -0.39 is 0 Å². The second kappa shape index (κ2) is 7.80. The molecule has 1 aromatic heterocycles. The van der Waals surface area contributed by atoms with Crippen LogP contribution in [0.3, 0.4) is 0 Å². The molecule has 2 aromatic rings. The Morgan fingerprint density at radius 2 is 2.05 bits per heavy atom. The van der Waals surface area contributed by atoms with Gasteiger partial charge < -0.3 is 14.6 Å². The summed E-state index contributed by atoms with van der Waals surface area (Å²) in [5.41, 5.74) is 2.83. The van der Waals surface area contributed by atoms with E-state index in [0.717, 1.165) is 42.0 Å². The number of methoxy groups -OCH3 is 1. The van der Waals surface area contributed by atoms with Gasteiger partial charge in [-0.1, -0.05) is 31.5 Å². The van der Waals surface area contributed by atoms with Gasteiger partial charge in [0.2, 0.25) is 0 Å². The number of benzene rings is 1. The van der Waals surface area contributed by atoms with Gasteiger partial charge in [0, 0.05) is 24.2 Å². The molecule has 0 unspecified atom stereocenters. The van der Waals surface area contributed by atoms with Crippen LogP contribution in [0.1, 0.15) is 25.3 Å². The lowest BCUT2D eigenvalue weighted by atomic mass is 10.1. The summed E-state index contributed by atoms with van der Waals surface area (Å²) in [5, 5.41) is 3.05. The van der Waals surface area contributed by atoms with Crippen LogP contribution in [-0.2, 0) is 13.1 Å². The molecule has 1 heterocycles. The van der Waals surface area contributed by atoms with E-state index >= 15 is 0 Å². The van der Waals surface area contributed by atoms with Gasteiger partial charge in [0.25, 0.3) is 5.56 Å². The predicted octanol–water partition coefficient (Wildman–Crippen LogP) is 3.04. The van der Waals surface area contributed by atoms with Crippen molar-refractivity contribution in [2.45, 2.75) is 32.9 Å². The third kappa shape index (κ3) is 3.57. The number of nitrogens with one attached hydrogen (secondary N) is 1. The van der Waals surface area contributed by atoms with E-state index in [0.29, 0.717) is 6.54 Å². The minimum atomic E-state index is 0.0862. The maximum Gasteiger partial charge on any atom is 0.255 e. The highest BCUT2D eigenvalue weighted by Crippen LogP contribution is 2.23. The molecular weight excluding hydrogens is 276 g/mol. The number of nitrogens with zero attached hydrogens (tertiary/aromatic N) is 1. The number of aromatic nitrogens is 1. The molecule has 0 spiro atoms. The Hall–Kier alpha value is -2.07. The third-order valence-electron chi connectivity index (χ3n) is 3.72. The van der Waals surface area contributed by atoms with E-state index in [2.05, 4.69) is 12.2 Å². The second-order valence-corrected chi connectivity index (χ2v) is 5.32. The molecule has 1 N–H and O–H groups in total. The number of ether oxygens (including phenoxy) is 1. The van der Waals surface area contributed by atoms with Gasteiger partial charge in [-0.2, -0.15) is 0 Å². The largest absolute Gasteiger partial charge is 0.497 e. The van der Waals surface area contributed by atoms with Crippen molar-refractivity contribution in [2.24, 2.45) is 0 Å². The normalized spacial score (nSPS) is 10.7. The van der Waals surface area contributed by atoms with Gasteiger partial charge in [-0.25, -0.2) is 0 Å². The Morgan fingerprint density at radius 3 is 2.73 bits per heavy atom. The van der Waals surface area contributed by atoms with Gasteiger partial charge in [0.15, 0.2) is 0 Å². The topological polar surface area (TPSA) is 43.3 Å². The smallest absolute Gasteiger partial charge is 0.255 e. The fourth-order valence-electron chi connectivity index (χ4n) is 2.52. The molecule has 4 heteroatoms. The minimum Gasteiger partial charge on any atom is -0.497 e. The number of hydrogen-bond acceptors (Lipinski definition) is 3. The van der Waals surface area contributed by atoms with Crippen LogP contribution in [0.4, 0.5) is 0 Å². The number of hydrogen-bond donors (Lipinski definition) is 1. The van der Waals surface area contributed by atoms with Crippen molar-refractivity contribution in [3.05, 3.63) is 52.3 Å². The molecule has 0 fully saturated rings. The van der Waals surface area contributed by atoms with Crippen LogP contribution in [0.15, 0.2) is 41.2 Å². The van der Waals surface area contributed by atoms with Gasteiger partial charge in [-0.15, -0.1) is 0 Å². The van der Waals surface area contributed by atoms with E-state index in [4.69, 9.17) is 4.74 Å². The first-order chi connectivity index (χ1) is 10.7. The Bertz CT molecular complexity index is 677. The van der Waals surface area contributed by atoms with Crippen LogP contribution in [0.2, 0.25) is 0 Å². The zero-order valence-corrected chi connectivity index (χ0v) is 13.6. The molecule has 22 heavy (non-hydrogen) atoms. The molecule has 0 aliphatic rings. The molecule has 0 radical (unpaired) electrons. The molecule has 118 valence electrons. The minimum absolute atomic E-state index is 0.0862. The molecule has 4 nitrogen and oxygen atoms in total. The second-order valence-electron chi connectivity index (χ2n) is 5.32. The Kier molecular flexibility index (Phi) is 5.78. The molecule has 1 aromatic carbocycles. The van der Waals surface area contributed by atoms with Crippen LogP contribution in [-0.4, -0.2) is 18.7 Å². The van der Waals surface area contributed by atoms with Crippen molar-refractivity contribution >= 4 is 0 Å². The maximum absolute atomic E-state index is 12.7. The lowest BCUT2D eigenvalue weighted by Crippen LogP contribution is -2.27. The van der Waals surface area contributed by atoms with Crippen LogP contribution >= 0.6 is 0 Å². The molecule has 2 rings (SSSR count). The molecule has 0 bridgehead atoms. The van der Waals surface area contributed by atoms with Gasteiger partial charge in [0.1, 0.15) is 5.75 Å². The first-order valence-corrected chi connectivity index (χ1v) is 7.73. The van der Waals surface area contributed by atoms with E-state index in [1.165, 1.54) is 0 Å². The van der Waals surface area contributed by atoms with Crippen molar-refractivity contribution in [3.63, 3.8) is 0 Å². The first kappa shape index (κ1) is 16.3. The Morgan fingerprint density at radius 1 is 1.23 bits per heavy atom. The van der Waals surface area contributed by atoms with Crippen LogP contribution in [0.25, 0.3) is 11.3 Å². The van der Waals surface area contributed by atoms with Crippen molar-refractivity contribution in [1.82, 2.24) is 9.88 Å². The van der Waals surface area contributed by atoms with Gasteiger partial charge in [-0.3, -0.25) is 4.79 Å². The highest BCUT2D eigenvalue weighted by atomic mass is 16.5. The predicted molar refractivity (Wildman–Crippen MR) is 90.4 cm³/mol. The zero-order chi connectivity index (χ0) is 15.9. The average Bonchev–Trinajstić information content (AvgIpc) is 2.55. The summed E-state index contributed by atoms with van der Waals surface area (Å²) in [7, 11) is 3.51. The fourth-order valence-corrected chi connectivity index (χ4v) is 2.52. The SMILES string of the molecule is CCCCn1c(-c2cccc(OC)c2)ccc(CNC)c1=O. The zero-order valence-electron chi connectivity index (χ0n) is 13.6. The Balaban J connectivity index is 2.53. The molecule has 0 atom stereocenters. The average molecular weight is 300 g/mol. The lowest BCUT2D eigenvalue weighted by molar-refractivity contribution is 0.415. The maximum atomic E-state index is 12.7. The highest BCUT2D eigenvalue weighted by Gasteiger charge is 2.10. The van der Waals surface area contributed by atoms with Crippen LogP contribution < -0.4 is 15.6 Å². The summed E-state index contributed by atoms with van der Waals surface area (Å²) in [6.45, 7) is 3.45. The van der Waals surface area contributed by atoms with E-state index in [9.17, 15) is 4.79 Å². The van der Waals surface area contributed by atoms with Crippen molar-refractivity contribution in [3.8, 4) is 17.0 Å². The number of rotatable bonds is 7. The van der Waals surface area contributed by atoms with Crippen molar-refractivity contribution in [1.29, 1.82) is 0 Å². The number of unbranched alkanes of at least 4 members (excludes halogenated alkanes) is 1. The Labute approximate surface area is 131 Å². The lowest BCUT2D eigenvalue weighted by Gasteiger charge is -2.15. The molecule has 0 saturated heterocycles. The quantitative estimate of drug-likeness (QED) is 0.854. The van der Waals surface area contributed by atoms with E-state index in [1.807, 2.05) is 48.0 Å². The van der Waals surface area contributed by atoms with Gasteiger partial charge >= 0.3 is 0 Å².